The number of nitro benzene ring substituents is 1. The number of nitro groups is 1. The molecule has 1 aliphatic rings. The minimum Gasteiger partial charge on any atom is -0.319 e. The van der Waals surface area contributed by atoms with E-state index in [2.05, 4.69) is 26.1 Å². The minimum atomic E-state index is -1.21. The highest BCUT2D eigenvalue weighted by Crippen LogP contribution is 2.32. The van der Waals surface area contributed by atoms with E-state index in [4.69, 9.17) is 0 Å². The van der Waals surface area contributed by atoms with Crippen molar-refractivity contribution in [2.24, 2.45) is 0 Å². The van der Waals surface area contributed by atoms with Crippen LogP contribution in [0.5, 0.6) is 0 Å². The Hall–Kier alpha value is -3.22. The monoisotopic (exact) mass is 381 g/mol. The van der Waals surface area contributed by atoms with Crippen molar-refractivity contribution in [1.82, 2.24) is 10.2 Å². The van der Waals surface area contributed by atoms with E-state index in [-0.39, 0.29) is 17.6 Å². The molecule has 1 atom stereocenters. The molecule has 0 saturated carbocycles. The number of hydrogen-bond acceptors (Lipinski definition) is 4. The fourth-order valence-corrected chi connectivity index (χ4v) is 3.33. The van der Waals surface area contributed by atoms with Gasteiger partial charge in [0.05, 0.1) is 11.5 Å². The third-order valence-electron chi connectivity index (χ3n) is 5.12. The molecule has 0 aliphatic carbocycles. The van der Waals surface area contributed by atoms with Crippen molar-refractivity contribution in [2.75, 3.05) is 0 Å². The second-order valence-corrected chi connectivity index (χ2v) is 8.16. The highest BCUT2D eigenvalue weighted by atomic mass is 16.6. The summed E-state index contributed by atoms with van der Waals surface area (Å²) in [5, 5.41) is 14.0. The lowest BCUT2D eigenvalue weighted by Crippen LogP contribution is -2.40. The number of amides is 3. The molecule has 2 aromatic carbocycles. The predicted octanol–water partition coefficient (Wildman–Crippen LogP) is 3.86. The van der Waals surface area contributed by atoms with Gasteiger partial charge in [-0.1, -0.05) is 63.2 Å². The van der Waals surface area contributed by atoms with Gasteiger partial charge in [-0.3, -0.25) is 19.8 Å². The number of carbonyl (C=O) groups is 2. The summed E-state index contributed by atoms with van der Waals surface area (Å²) in [5.74, 6) is -0.431. The van der Waals surface area contributed by atoms with Gasteiger partial charge >= 0.3 is 6.03 Å². The van der Waals surface area contributed by atoms with Crippen molar-refractivity contribution in [2.45, 2.75) is 45.2 Å². The summed E-state index contributed by atoms with van der Waals surface area (Å²) in [6.45, 7) is 7.79. The average molecular weight is 381 g/mol. The molecular weight excluding hydrogens is 358 g/mol. The molecule has 146 valence electrons. The van der Waals surface area contributed by atoms with Crippen molar-refractivity contribution in [3.8, 4) is 0 Å². The van der Waals surface area contributed by atoms with E-state index < -0.39 is 22.4 Å². The van der Waals surface area contributed by atoms with E-state index in [0.717, 1.165) is 10.5 Å². The largest absolute Gasteiger partial charge is 0.325 e. The first-order chi connectivity index (χ1) is 13.0. The second-order valence-electron chi connectivity index (χ2n) is 8.16. The molecule has 1 heterocycles. The van der Waals surface area contributed by atoms with Gasteiger partial charge in [0.15, 0.2) is 0 Å². The molecular formula is C21H23N3O4. The number of rotatable bonds is 4. The first kappa shape index (κ1) is 19.5. The zero-order valence-electron chi connectivity index (χ0n) is 16.4. The maximum absolute atomic E-state index is 13.1. The molecule has 1 aliphatic heterocycles. The third-order valence-corrected chi connectivity index (χ3v) is 5.12. The van der Waals surface area contributed by atoms with Crippen LogP contribution in [0, 0.1) is 10.1 Å². The molecule has 7 nitrogen and oxygen atoms in total. The molecule has 0 aromatic heterocycles. The lowest BCUT2D eigenvalue weighted by molar-refractivity contribution is -0.385. The van der Waals surface area contributed by atoms with Crippen molar-refractivity contribution in [1.29, 1.82) is 0 Å². The van der Waals surface area contributed by atoms with Crippen molar-refractivity contribution in [3.05, 3.63) is 75.3 Å². The molecule has 1 unspecified atom stereocenters. The third kappa shape index (κ3) is 3.35. The van der Waals surface area contributed by atoms with E-state index in [1.807, 2.05) is 24.3 Å². The number of nitrogens with one attached hydrogen (secondary N) is 1. The molecule has 0 bridgehead atoms. The first-order valence-electron chi connectivity index (χ1n) is 9.01. The quantitative estimate of drug-likeness (QED) is 0.494. The standard InChI is InChI=1S/C21H23N3O4/c1-20(2,3)15-9-11-16(12-10-15)21(4)18(25)23(19(26)22-21)13-14-7-5-6-8-17(14)24(27)28/h5-12H,13H2,1-4H3,(H,22,26). The van der Waals surface area contributed by atoms with Crippen molar-refractivity contribution < 1.29 is 14.5 Å². The Labute approximate surface area is 163 Å². The second kappa shape index (κ2) is 6.74. The van der Waals surface area contributed by atoms with Crippen LogP contribution in [-0.2, 0) is 22.3 Å². The van der Waals surface area contributed by atoms with Crippen LogP contribution in [0.4, 0.5) is 10.5 Å². The molecule has 0 radical (unpaired) electrons. The Morgan fingerprint density at radius 1 is 1.07 bits per heavy atom. The van der Waals surface area contributed by atoms with Gasteiger partial charge in [-0.15, -0.1) is 0 Å². The van der Waals surface area contributed by atoms with Gasteiger partial charge in [0.25, 0.3) is 11.6 Å². The average Bonchev–Trinajstić information content (AvgIpc) is 2.85. The van der Waals surface area contributed by atoms with E-state index in [0.29, 0.717) is 11.1 Å². The fourth-order valence-electron chi connectivity index (χ4n) is 3.33. The van der Waals surface area contributed by atoms with Gasteiger partial charge < -0.3 is 5.32 Å². The molecule has 1 N–H and O–H groups in total. The summed E-state index contributed by atoms with van der Waals surface area (Å²) >= 11 is 0. The highest BCUT2D eigenvalue weighted by Gasteiger charge is 2.49. The lowest BCUT2D eigenvalue weighted by atomic mass is 9.84. The number of urea groups is 1. The van der Waals surface area contributed by atoms with Gasteiger partial charge in [0, 0.05) is 11.6 Å². The summed E-state index contributed by atoms with van der Waals surface area (Å²) < 4.78 is 0. The number of nitrogens with zero attached hydrogens (tertiary/aromatic N) is 2. The first-order valence-corrected chi connectivity index (χ1v) is 9.01. The SMILES string of the molecule is CC(C)(C)c1ccc(C2(C)NC(=O)N(Cc3ccccc3[N+](=O)[O-])C2=O)cc1. The zero-order valence-corrected chi connectivity index (χ0v) is 16.4. The molecule has 28 heavy (non-hydrogen) atoms. The number of benzene rings is 2. The summed E-state index contributed by atoms with van der Waals surface area (Å²) in [7, 11) is 0. The van der Waals surface area contributed by atoms with Crippen molar-refractivity contribution in [3.63, 3.8) is 0 Å². The Bertz CT molecular complexity index is 947. The van der Waals surface area contributed by atoms with Gasteiger partial charge in [-0.2, -0.15) is 0 Å². The maximum Gasteiger partial charge on any atom is 0.325 e. The van der Waals surface area contributed by atoms with Gasteiger partial charge in [0.2, 0.25) is 0 Å². The summed E-state index contributed by atoms with van der Waals surface area (Å²) in [5.41, 5.74) is 0.740. The summed E-state index contributed by atoms with van der Waals surface area (Å²) in [6, 6.07) is 13.1. The molecule has 1 saturated heterocycles. The van der Waals surface area contributed by atoms with E-state index in [9.17, 15) is 19.7 Å². The van der Waals surface area contributed by atoms with Crippen LogP contribution in [0.3, 0.4) is 0 Å². The van der Waals surface area contributed by atoms with Crippen molar-refractivity contribution >= 4 is 17.6 Å². The maximum atomic E-state index is 13.1. The Morgan fingerprint density at radius 2 is 1.68 bits per heavy atom. The van der Waals surface area contributed by atoms with Crippen LogP contribution in [-0.4, -0.2) is 21.8 Å². The number of imide groups is 1. The molecule has 7 heteroatoms. The Morgan fingerprint density at radius 3 is 2.25 bits per heavy atom. The van der Waals surface area contributed by atoms with E-state index in [1.54, 1.807) is 25.1 Å². The normalized spacial score (nSPS) is 19.6. The molecule has 1 fully saturated rings. The highest BCUT2D eigenvalue weighted by molar-refractivity contribution is 6.07. The minimum absolute atomic E-state index is 0.0271. The topological polar surface area (TPSA) is 92.6 Å². The van der Waals surface area contributed by atoms with Crippen LogP contribution >= 0.6 is 0 Å². The summed E-state index contributed by atoms with van der Waals surface area (Å²) in [4.78, 5) is 37.3. The van der Waals surface area contributed by atoms with Crippen LogP contribution < -0.4 is 5.32 Å². The van der Waals surface area contributed by atoms with Gasteiger partial charge in [-0.25, -0.2) is 4.79 Å². The molecule has 3 amide bonds. The lowest BCUT2D eigenvalue weighted by Gasteiger charge is -2.24. The number of carbonyl (C=O) groups excluding carboxylic acids is 2. The smallest absolute Gasteiger partial charge is 0.319 e. The Balaban J connectivity index is 1.90. The van der Waals surface area contributed by atoms with Crippen LogP contribution in [0.1, 0.15) is 44.4 Å². The van der Waals surface area contributed by atoms with Crippen LogP contribution in [0.15, 0.2) is 48.5 Å². The van der Waals surface area contributed by atoms with Gasteiger partial charge in [0.1, 0.15) is 5.54 Å². The van der Waals surface area contributed by atoms with Gasteiger partial charge in [-0.05, 0) is 23.5 Å². The number of para-hydroxylation sites is 1. The Kier molecular flexibility index (Phi) is 4.71. The molecule has 3 rings (SSSR count). The van der Waals surface area contributed by atoms with E-state index >= 15 is 0 Å². The molecule has 0 spiro atoms. The van der Waals surface area contributed by atoms with Crippen LogP contribution in [0.25, 0.3) is 0 Å². The summed E-state index contributed by atoms with van der Waals surface area (Å²) in [6.07, 6.45) is 0. The zero-order chi connectivity index (χ0) is 20.7. The number of hydrogen-bond donors (Lipinski definition) is 1. The molecule has 2 aromatic rings. The fraction of sp³-hybridized carbons (Fsp3) is 0.333. The van der Waals surface area contributed by atoms with E-state index in [1.165, 1.54) is 6.07 Å². The van der Waals surface area contributed by atoms with Crippen LogP contribution in [0.2, 0.25) is 0 Å². The predicted molar refractivity (Wildman–Crippen MR) is 105 cm³/mol.